The van der Waals surface area contributed by atoms with Crippen LogP contribution in [0.1, 0.15) is 48.5 Å². The molecule has 14 nitrogen and oxygen atoms in total. The molecule has 2 aliphatic heterocycles. The molecular weight excluding hydrogens is 568 g/mol. The second-order valence-electron chi connectivity index (χ2n) is 11.1. The molecule has 2 fully saturated rings. The van der Waals surface area contributed by atoms with E-state index < -0.39 is 60.2 Å². The molecule has 238 valence electrons. The molecule has 43 heavy (non-hydrogen) atoms. The van der Waals surface area contributed by atoms with Gasteiger partial charge < -0.3 is 43.0 Å². The molecule has 0 unspecified atom stereocenters. The van der Waals surface area contributed by atoms with Gasteiger partial charge in [0.2, 0.25) is 12.4 Å². The van der Waals surface area contributed by atoms with E-state index in [0.29, 0.717) is 31.9 Å². The summed E-state index contributed by atoms with van der Waals surface area (Å²) in [7, 11) is 0. The van der Waals surface area contributed by atoms with Crippen molar-refractivity contribution in [1.82, 2.24) is 4.90 Å². The molecule has 0 spiro atoms. The van der Waals surface area contributed by atoms with Gasteiger partial charge in [-0.15, -0.1) is 0 Å². The number of ether oxygens (including phenoxy) is 7. The summed E-state index contributed by atoms with van der Waals surface area (Å²) in [5, 5.41) is 0. The molecule has 0 aliphatic carbocycles. The Kier molecular flexibility index (Phi) is 11.2. The SMILES string of the molecule is CC(=O)OC[C@H]1O[C@@H](Oc2ccc(N3CCN(C(=O)OC(C)(C)C)CC3)cc2)[C@H](OC(C)=O)[C@@H](OC(C)=O)[C@H]1OC(C)=O. The molecule has 1 amide bonds. The molecule has 3 rings (SSSR count). The summed E-state index contributed by atoms with van der Waals surface area (Å²) in [6, 6.07) is 7.01. The van der Waals surface area contributed by atoms with E-state index in [1.165, 1.54) is 6.92 Å². The number of carbonyl (C=O) groups excluding carboxylic acids is 5. The zero-order chi connectivity index (χ0) is 31.9. The molecule has 5 atom stereocenters. The number of hydrogen-bond acceptors (Lipinski definition) is 13. The van der Waals surface area contributed by atoms with Gasteiger partial charge in [-0.1, -0.05) is 0 Å². The first-order valence-corrected chi connectivity index (χ1v) is 13.9. The summed E-state index contributed by atoms with van der Waals surface area (Å²) in [6.45, 7) is 12.0. The quantitative estimate of drug-likeness (QED) is 0.313. The van der Waals surface area contributed by atoms with Crippen LogP contribution < -0.4 is 9.64 Å². The van der Waals surface area contributed by atoms with Crippen LogP contribution in [0.4, 0.5) is 10.5 Å². The number of carbonyl (C=O) groups is 5. The number of amides is 1. The van der Waals surface area contributed by atoms with E-state index in [-0.39, 0.29) is 12.7 Å². The smallest absolute Gasteiger partial charge is 0.410 e. The molecule has 2 aliphatic rings. The number of esters is 4. The lowest BCUT2D eigenvalue weighted by Gasteiger charge is -2.43. The monoisotopic (exact) mass is 608 g/mol. The minimum absolute atomic E-state index is 0.331. The van der Waals surface area contributed by atoms with E-state index >= 15 is 0 Å². The highest BCUT2D eigenvalue weighted by atomic mass is 16.7. The first-order chi connectivity index (χ1) is 20.1. The van der Waals surface area contributed by atoms with Crippen molar-refractivity contribution in [2.75, 3.05) is 37.7 Å². The van der Waals surface area contributed by atoms with Crippen molar-refractivity contribution >= 4 is 35.7 Å². The Balaban J connectivity index is 1.77. The van der Waals surface area contributed by atoms with Gasteiger partial charge in [-0.2, -0.15) is 0 Å². The van der Waals surface area contributed by atoms with Gasteiger partial charge in [-0.05, 0) is 45.0 Å². The molecule has 0 N–H and O–H groups in total. The lowest BCUT2D eigenvalue weighted by Crippen LogP contribution is -2.63. The molecule has 0 radical (unpaired) electrons. The highest BCUT2D eigenvalue weighted by molar-refractivity contribution is 5.69. The highest BCUT2D eigenvalue weighted by Gasteiger charge is 2.53. The number of nitrogens with zero attached hydrogens (tertiary/aromatic N) is 2. The highest BCUT2D eigenvalue weighted by Crippen LogP contribution is 2.32. The van der Waals surface area contributed by atoms with Crippen LogP contribution in [0.3, 0.4) is 0 Å². The predicted molar refractivity (Wildman–Crippen MR) is 149 cm³/mol. The fourth-order valence-corrected chi connectivity index (χ4v) is 4.63. The number of hydrogen-bond donors (Lipinski definition) is 0. The third-order valence-corrected chi connectivity index (χ3v) is 6.33. The van der Waals surface area contributed by atoms with E-state index in [2.05, 4.69) is 4.90 Å². The molecule has 0 saturated carbocycles. The predicted octanol–water partition coefficient (Wildman–Crippen LogP) is 2.21. The van der Waals surface area contributed by atoms with Gasteiger partial charge in [0.25, 0.3) is 0 Å². The normalized spacial score (nSPS) is 23.9. The van der Waals surface area contributed by atoms with Crippen LogP contribution in [0, 0.1) is 0 Å². The van der Waals surface area contributed by atoms with Crippen LogP contribution in [-0.4, -0.2) is 104 Å². The van der Waals surface area contributed by atoms with Crippen molar-refractivity contribution in [3.63, 3.8) is 0 Å². The van der Waals surface area contributed by atoms with E-state index in [9.17, 15) is 24.0 Å². The summed E-state index contributed by atoms with van der Waals surface area (Å²) in [6.07, 6.45) is -6.73. The zero-order valence-electron chi connectivity index (χ0n) is 25.5. The van der Waals surface area contributed by atoms with Gasteiger partial charge in [0.15, 0.2) is 12.2 Å². The van der Waals surface area contributed by atoms with Gasteiger partial charge in [-0.3, -0.25) is 19.2 Å². The topological polar surface area (TPSA) is 156 Å². The summed E-state index contributed by atoms with van der Waals surface area (Å²) in [5.74, 6) is -2.46. The van der Waals surface area contributed by atoms with Crippen molar-refractivity contribution < 1.29 is 57.1 Å². The van der Waals surface area contributed by atoms with Crippen LogP contribution in [0.2, 0.25) is 0 Å². The van der Waals surface area contributed by atoms with Crippen molar-refractivity contribution in [2.45, 2.75) is 84.8 Å². The summed E-state index contributed by atoms with van der Waals surface area (Å²) in [4.78, 5) is 63.6. The average Bonchev–Trinajstić information content (AvgIpc) is 2.89. The van der Waals surface area contributed by atoms with Crippen LogP contribution in [-0.2, 0) is 47.6 Å². The van der Waals surface area contributed by atoms with Gasteiger partial charge in [0.1, 0.15) is 24.1 Å². The maximum atomic E-state index is 12.4. The first-order valence-electron chi connectivity index (χ1n) is 13.9. The van der Waals surface area contributed by atoms with E-state index in [1.54, 1.807) is 17.0 Å². The Bertz CT molecular complexity index is 1160. The van der Waals surface area contributed by atoms with Crippen LogP contribution in [0.5, 0.6) is 5.75 Å². The number of benzene rings is 1. The van der Waals surface area contributed by atoms with Crippen LogP contribution >= 0.6 is 0 Å². The van der Waals surface area contributed by atoms with Crippen molar-refractivity contribution in [2.24, 2.45) is 0 Å². The Morgan fingerprint density at radius 1 is 0.767 bits per heavy atom. The van der Waals surface area contributed by atoms with Gasteiger partial charge in [0.05, 0.1) is 0 Å². The Morgan fingerprint density at radius 2 is 1.30 bits per heavy atom. The first kappa shape index (κ1) is 33.4. The summed E-state index contributed by atoms with van der Waals surface area (Å²) < 4.78 is 38.8. The number of rotatable bonds is 8. The minimum Gasteiger partial charge on any atom is -0.463 e. The fraction of sp³-hybridized carbons (Fsp3) is 0.621. The van der Waals surface area contributed by atoms with Crippen LogP contribution in [0.25, 0.3) is 0 Å². The Morgan fingerprint density at radius 3 is 1.81 bits per heavy atom. The third kappa shape index (κ3) is 10.0. The molecule has 2 saturated heterocycles. The number of piperazine rings is 1. The van der Waals surface area contributed by atoms with E-state index in [1.807, 2.05) is 32.9 Å². The van der Waals surface area contributed by atoms with Crippen molar-refractivity contribution in [3.05, 3.63) is 24.3 Å². The number of anilines is 1. The van der Waals surface area contributed by atoms with Crippen molar-refractivity contribution in [1.29, 1.82) is 0 Å². The summed E-state index contributed by atoms with van der Waals surface area (Å²) in [5.41, 5.74) is 0.318. The van der Waals surface area contributed by atoms with E-state index in [4.69, 9.17) is 33.2 Å². The van der Waals surface area contributed by atoms with Crippen molar-refractivity contribution in [3.8, 4) is 5.75 Å². The zero-order valence-corrected chi connectivity index (χ0v) is 25.5. The largest absolute Gasteiger partial charge is 0.463 e. The minimum atomic E-state index is -1.33. The van der Waals surface area contributed by atoms with Gasteiger partial charge >= 0.3 is 30.0 Å². The maximum absolute atomic E-state index is 12.4. The molecule has 0 aromatic heterocycles. The van der Waals surface area contributed by atoms with E-state index in [0.717, 1.165) is 26.5 Å². The Labute approximate surface area is 250 Å². The van der Waals surface area contributed by atoms with Gasteiger partial charge in [-0.25, -0.2) is 4.79 Å². The lowest BCUT2D eigenvalue weighted by atomic mass is 9.98. The second-order valence-corrected chi connectivity index (χ2v) is 11.1. The lowest BCUT2D eigenvalue weighted by molar-refractivity contribution is -0.288. The summed E-state index contributed by atoms with van der Waals surface area (Å²) >= 11 is 0. The fourth-order valence-electron chi connectivity index (χ4n) is 4.63. The molecule has 2 heterocycles. The Hall–Kier alpha value is -4.07. The molecule has 14 heteroatoms. The average molecular weight is 609 g/mol. The molecule has 1 aromatic rings. The molecule has 1 aromatic carbocycles. The van der Waals surface area contributed by atoms with Gasteiger partial charge in [0, 0.05) is 59.6 Å². The standard InChI is InChI=1S/C29H40N2O12/c1-17(32)37-16-23-24(38-18(2)33)25(39-19(3)34)26(40-20(4)35)27(42-23)41-22-10-8-21(9-11-22)30-12-14-31(15-13-30)28(36)43-29(5,6)7/h8-11,23-27H,12-16H2,1-7H3/t23-,24+,25+,26-,27-/m1/s1. The second kappa shape index (κ2) is 14.4. The molecule has 0 bridgehead atoms. The molecular formula is C29H40N2O12. The third-order valence-electron chi connectivity index (χ3n) is 6.33. The maximum Gasteiger partial charge on any atom is 0.410 e. The van der Waals surface area contributed by atoms with Crippen LogP contribution in [0.15, 0.2) is 24.3 Å².